The number of amides is 1. The van der Waals surface area contributed by atoms with E-state index in [-0.39, 0.29) is 6.09 Å². The van der Waals surface area contributed by atoms with Crippen molar-refractivity contribution in [1.82, 2.24) is 10.2 Å². The second-order valence-corrected chi connectivity index (χ2v) is 7.79. The van der Waals surface area contributed by atoms with Crippen LogP contribution in [0.4, 0.5) is 4.79 Å². The Morgan fingerprint density at radius 2 is 1.95 bits per heavy atom. The van der Waals surface area contributed by atoms with E-state index in [0.717, 1.165) is 31.8 Å². The average molecular weight is 296 g/mol. The average Bonchev–Trinajstić information content (AvgIpc) is 3.11. The molecule has 1 unspecified atom stereocenters. The van der Waals surface area contributed by atoms with Crippen LogP contribution in [0.3, 0.4) is 0 Å². The summed E-state index contributed by atoms with van der Waals surface area (Å²) in [6.45, 7) is 9.66. The highest BCUT2D eigenvalue weighted by Gasteiger charge is 2.34. The minimum atomic E-state index is -0.408. The molecule has 4 heteroatoms. The van der Waals surface area contributed by atoms with Gasteiger partial charge in [0.2, 0.25) is 0 Å². The highest BCUT2D eigenvalue weighted by molar-refractivity contribution is 5.69. The molecule has 0 spiro atoms. The molecule has 1 N–H and O–H groups in total. The van der Waals surface area contributed by atoms with Gasteiger partial charge < -0.3 is 15.0 Å². The molecular formula is C17H32N2O2. The van der Waals surface area contributed by atoms with Gasteiger partial charge in [-0.05, 0) is 52.9 Å². The summed E-state index contributed by atoms with van der Waals surface area (Å²) in [4.78, 5) is 14.1. The molecule has 0 bridgehead atoms. The van der Waals surface area contributed by atoms with Crippen LogP contribution in [0.1, 0.15) is 66.2 Å². The number of hydrogen-bond donors (Lipinski definition) is 1. The molecule has 2 saturated carbocycles. The van der Waals surface area contributed by atoms with Crippen LogP contribution in [-0.2, 0) is 4.74 Å². The highest BCUT2D eigenvalue weighted by atomic mass is 16.6. The van der Waals surface area contributed by atoms with E-state index in [0.29, 0.717) is 12.1 Å². The fourth-order valence-corrected chi connectivity index (χ4v) is 2.87. The zero-order valence-electron chi connectivity index (χ0n) is 14.2. The smallest absolute Gasteiger partial charge is 0.410 e. The normalized spacial score (nSPS) is 20.8. The fourth-order valence-electron chi connectivity index (χ4n) is 2.87. The molecule has 0 radical (unpaired) electrons. The standard InChI is InChI=1S/C17H32N2O2/c1-13(12-14-6-5-7-14)18-10-11-19(15-8-9-15)16(20)21-17(2,3)4/h13-15,18H,5-12H2,1-4H3. The number of carbonyl (C=O) groups is 1. The largest absolute Gasteiger partial charge is 0.444 e. The van der Waals surface area contributed by atoms with Crippen molar-refractivity contribution in [3.63, 3.8) is 0 Å². The maximum absolute atomic E-state index is 12.2. The maximum atomic E-state index is 12.2. The third kappa shape index (κ3) is 5.85. The van der Waals surface area contributed by atoms with Crippen LogP contribution in [0, 0.1) is 5.92 Å². The van der Waals surface area contributed by atoms with E-state index in [2.05, 4.69) is 12.2 Å². The molecule has 1 atom stereocenters. The van der Waals surface area contributed by atoms with E-state index in [4.69, 9.17) is 4.74 Å². The molecule has 0 heterocycles. The van der Waals surface area contributed by atoms with E-state index < -0.39 is 5.60 Å². The van der Waals surface area contributed by atoms with Crippen LogP contribution in [0.15, 0.2) is 0 Å². The fraction of sp³-hybridized carbons (Fsp3) is 0.941. The minimum Gasteiger partial charge on any atom is -0.444 e. The van der Waals surface area contributed by atoms with Gasteiger partial charge in [-0.25, -0.2) is 4.79 Å². The Balaban J connectivity index is 1.68. The molecular weight excluding hydrogens is 264 g/mol. The third-order valence-electron chi connectivity index (χ3n) is 4.37. The van der Waals surface area contributed by atoms with Gasteiger partial charge in [0, 0.05) is 25.2 Å². The van der Waals surface area contributed by atoms with Gasteiger partial charge in [0.1, 0.15) is 5.60 Å². The van der Waals surface area contributed by atoms with Crippen LogP contribution in [0.2, 0.25) is 0 Å². The Morgan fingerprint density at radius 3 is 2.43 bits per heavy atom. The first kappa shape index (κ1) is 16.6. The van der Waals surface area contributed by atoms with Crippen molar-refractivity contribution in [3.8, 4) is 0 Å². The predicted octanol–water partition coefficient (Wildman–Crippen LogP) is 3.55. The predicted molar refractivity (Wildman–Crippen MR) is 85.4 cm³/mol. The number of hydrogen-bond acceptors (Lipinski definition) is 3. The summed E-state index contributed by atoms with van der Waals surface area (Å²) in [7, 11) is 0. The summed E-state index contributed by atoms with van der Waals surface area (Å²) in [6.07, 6.45) is 7.57. The lowest BCUT2D eigenvalue weighted by Gasteiger charge is -2.30. The second-order valence-electron chi connectivity index (χ2n) is 7.79. The van der Waals surface area contributed by atoms with Crippen LogP contribution >= 0.6 is 0 Å². The number of ether oxygens (including phenoxy) is 1. The van der Waals surface area contributed by atoms with Crippen molar-refractivity contribution in [1.29, 1.82) is 0 Å². The Labute approximate surface area is 129 Å². The van der Waals surface area contributed by atoms with Gasteiger partial charge in [-0.2, -0.15) is 0 Å². The van der Waals surface area contributed by atoms with Crippen molar-refractivity contribution < 1.29 is 9.53 Å². The molecule has 1 amide bonds. The monoisotopic (exact) mass is 296 g/mol. The molecule has 2 aliphatic rings. The minimum absolute atomic E-state index is 0.154. The lowest BCUT2D eigenvalue weighted by Crippen LogP contribution is -2.43. The second kappa shape index (κ2) is 6.99. The molecule has 4 nitrogen and oxygen atoms in total. The van der Waals surface area contributed by atoms with E-state index >= 15 is 0 Å². The summed E-state index contributed by atoms with van der Waals surface area (Å²) >= 11 is 0. The molecule has 2 fully saturated rings. The molecule has 0 aromatic carbocycles. The summed E-state index contributed by atoms with van der Waals surface area (Å²) in [5.74, 6) is 0.929. The van der Waals surface area contributed by atoms with Crippen LogP contribution < -0.4 is 5.32 Å². The SMILES string of the molecule is CC(CC1CCC1)NCCN(C(=O)OC(C)(C)C)C1CC1. The molecule has 0 saturated heterocycles. The Hall–Kier alpha value is -0.770. The van der Waals surface area contributed by atoms with Crippen LogP contribution in [0.5, 0.6) is 0 Å². The van der Waals surface area contributed by atoms with Crippen molar-refractivity contribution in [3.05, 3.63) is 0 Å². The summed E-state index contributed by atoms with van der Waals surface area (Å²) in [5, 5.41) is 3.56. The first-order valence-electron chi connectivity index (χ1n) is 8.58. The third-order valence-corrected chi connectivity index (χ3v) is 4.37. The van der Waals surface area contributed by atoms with E-state index in [9.17, 15) is 4.79 Å². The van der Waals surface area contributed by atoms with Gasteiger partial charge in [-0.15, -0.1) is 0 Å². The van der Waals surface area contributed by atoms with Crippen molar-refractivity contribution in [2.45, 2.75) is 83.9 Å². The highest BCUT2D eigenvalue weighted by Crippen LogP contribution is 2.30. The zero-order chi connectivity index (χ0) is 15.5. The molecule has 21 heavy (non-hydrogen) atoms. The van der Waals surface area contributed by atoms with Crippen molar-refractivity contribution in [2.75, 3.05) is 13.1 Å². The van der Waals surface area contributed by atoms with E-state index in [1.54, 1.807) is 0 Å². The summed E-state index contributed by atoms with van der Waals surface area (Å²) in [6, 6.07) is 0.957. The van der Waals surface area contributed by atoms with Crippen LogP contribution in [-0.4, -0.2) is 41.8 Å². The summed E-state index contributed by atoms with van der Waals surface area (Å²) in [5.41, 5.74) is -0.408. The Morgan fingerprint density at radius 1 is 1.29 bits per heavy atom. The quantitative estimate of drug-likeness (QED) is 0.781. The van der Waals surface area contributed by atoms with Gasteiger partial charge in [0.05, 0.1) is 0 Å². The van der Waals surface area contributed by atoms with Crippen molar-refractivity contribution in [2.24, 2.45) is 5.92 Å². The zero-order valence-corrected chi connectivity index (χ0v) is 14.2. The number of nitrogens with one attached hydrogen (secondary N) is 1. The maximum Gasteiger partial charge on any atom is 0.410 e. The lowest BCUT2D eigenvalue weighted by molar-refractivity contribution is 0.0234. The topological polar surface area (TPSA) is 41.6 Å². The van der Waals surface area contributed by atoms with E-state index in [1.165, 1.54) is 25.7 Å². The Bertz CT molecular complexity index is 343. The molecule has 122 valence electrons. The molecule has 2 aliphatic carbocycles. The molecule has 0 aliphatic heterocycles. The first-order valence-corrected chi connectivity index (χ1v) is 8.58. The van der Waals surface area contributed by atoms with Gasteiger partial charge >= 0.3 is 6.09 Å². The molecule has 2 rings (SSSR count). The molecule has 0 aromatic rings. The van der Waals surface area contributed by atoms with E-state index in [1.807, 2.05) is 25.7 Å². The first-order chi connectivity index (χ1) is 9.85. The number of carbonyl (C=O) groups excluding carboxylic acids is 1. The lowest BCUT2D eigenvalue weighted by atomic mass is 9.81. The number of nitrogens with zero attached hydrogens (tertiary/aromatic N) is 1. The molecule has 0 aromatic heterocycles. The van der Waals surface area contributed by atoms with Gasteiger partial charge in [-0.3, -0.25) is 0 Å². The van der Waals surface area contributed by atoms with Gasteiger partial charge in [-0.1, -0.05) is 19.3 Å². The summed E-state index contributed by atoms with van der Waals surface area (Å²) < 4.78 is 5.51. The van der Waals surface area contributed by atoms with Gasteiger partial charge in [0.25, 0.3) is 0 Å². The Kier molecular flexibility index (Phi) is 5.53. The number of rotatable bonds is 7. The van der Waals surface area contributed by atoms with Crippen LogP contribution in [0.25, 0.3) is 0 Å². The van der Waals surface area contributed by atoms with Crippen molar-refractivity contribution >= 4 is 6.09 Å². The van der Waals surface area contributed by atoms with Gasteiger partial charge in [0.15, 0.2) is 0 Å².